The molecule has 0 saturated carbocycles. The molecule has 26 heavy (non-hydrogen) atoms. The third-order valence-electron chi connectivity index (χ3n) is 3.77. The molecule has 2 N–H and O–H groups in total. The SMILES string of the molecule is Cc1cc(Cl)ccc1NC(C(=O)O)c1ccc(CSCc2ccco2)o1. The molecule has 0 aliphatic rings. The van der Waals surface area contributed by atoms with Crippen LogP contribution in [0.5, 0.6) is 0 Å². The Morgan fingerprint density at radius 3 is 2.73 bits per heavy atom. The zero-order valence-electron chi connectivity index (χ0n) is 14.1. The molecule has 0 spiro atoms. The van der Waals surface area contributed by atoms with Crippen molar-refractivity contribution in [1.82, 2.24) is 0 Å². The number of hydrogen-bond donors (Lipinski definition) is 2. The van der Waals surface area contributed by atoms with Gasteiger partial charge in [0.2, 0.25) is 0 Å². The highest BCUT2D eigenvalue weighted by atomic mass is 35.5. The van der Waals surface area contributed by atoms with Crippen molar-refractivity contribution in [1.29, 1.82) is 0 Å². The maximum Gasteiger partial charge on any atom is 0.334 e. The van der Waals surface area contributed by atoms with Gasteiger partial charge in [0.15, 0.2) is 6.04 Å². The summed E-state index contributed by atoms with van der Waals surface area (Å²) in [6.45, 7) is 1.87. The molecule has 0 fully saturated rings. The number of carboxylic acids is 1. The lowest BCUT2D eigenvalue weighted by Crippen LogP contribution is -2.20. The molecule has 0 aliphatic carbocycles. The first-order valence-electron chi connectivity index (χ1n) is 7.97. The lowest BCUT2D eigenvalue weighted by molar-refractivity contribution is -0.138. The molecule has 1 atom stereocenters. The van der Waals surface area contributed by atoms with Crippen LogP contribution in [-0.2, 0) is 16.3 Å². The second-order valence-electron chi connectivity index (χ2n) is 5.75. The molecule has 0 radical (unpaired) electrons. The molecule has 2 aromatic heterocycles. The first-order chi connectivity index (χ1) is 12.5. The highest BCUT2D eigenvalue weighted by Gasteiger charge is 2.24. The minimum Gasteiger partial charge on any atom is -0.479 e. The summed E-state index contributed by atoms with van der Waals surface area (Å²) in [5.41, 5.74) is 1.57. The molecule has 2 heterocycles. The molecule has 5 nitrogen and oxygen atoms in total. The van der Waals surface area contributed by atoms with Crippen molar-refractivity contribution < 1.29 is 18.7 Å². The van der Waals surface area contributed by atoms with E-state index in [1.807, 2.05) is 19.1 Å². The molecular formula is C19H18ClNO4S. The van der Waals surface area contributed by atoms with Crippen LogP contribution >= 0.6 is 23.4 Å². The van der Waals surface area contributed by atoms with Crippen molar-refractivity contribution in [3.05, 3.63) is 76.6 Å². The molecule has 3 rings (SSSR count). The lowest BCUT2D eigenvalue weighted by atomic mass is 10.1. The van der Waals surface area contributed by atoms with Gasteiger partial charge < -0.3 is 19.3 Å². The Morgan fingerprint density at radius 2 is 2.04 bits per heavy atom. The Kier molecular flexibility index (Phi) is 5.96. The fourth-order valence-corrected chi connectivity index (χ4v) is 3.52. The molecule has 0 aliphatic heterocycles. The molecule has 0 saturated heterocycles. The van der Waals surface area contributed by atoms with E-state index in [9.17, 15) is 9.90 Å². The Morgan fingerprint density at radius 1 is 1.23 bits per heavy atom. The maximum atomic E-state index is 11.7. The van der Waals surface area contributed by atoms with E-state index in [0.717, 1.165) is 22.8 Å². The van der Waals surface area contributed by atoms with Crippen molar-refractivity contribution in [3.63, 3.8) is 0 Å². The standard InChI is InChI=1S/C19H18ClNO4S/c1-12-9-13(20)4-6-16(12)21-18(19(22)23)17-7-5-15(25-17)11-26-10-14-3-2-8-24-14/h2-9,18,21H,10-11H2,1H3,(H,22,23). The summed E-state index contributed by atoms with van der Waals surface area (Å²) in [5, 5.41) is 13.2. The van der Waals surface area contributed by atoms with Gasteiger partial charge in [-0.25, -0.2) is 4.79 Å². The average Bonchev–Trinajstić information content (AvgIpc) is 3.26. The van der Waals surface area contributed by atoms with E-state index in [1.54, 1.807) is 48.4 Å². The molecule has 0 bridgehead atoms. The zero-order valence-corrected chi connectivity index (χ0v) is 15.6. The largest absolute Gasteiger partial charge is 0.479 e. The number of rotatable bonds is 8. The Labute approximate surface area is 160 Å². The van der Waals surface area contributed by atoms with Gasteiger partial charge in [0.05, 0.1) is 17.8 Å². The van der Waals surface area contributed by atoms with Gasteiger partial charge in [-0.05, 0) is 55.0 Å². The van der Waals surface area contributed by atoms with Gasteiger partial charge in [-0.1, -0.05) is 11.6 Å². The van der Waals surface area contributed by atoms with Crippen molar-refractivity contribution >= 4 is 35.0 Å². The normalized spacial score (nSPS) is 12.1. The smallest absolute Gasteiger partial charge is 0.334 e. The number of aryl methyl sites for hydroxylation is 1. The minimum atomic E-state index is -1.01. The van der Waals surface area contributed by atoms with Crippen LogP contribution in [0.25, 0.3) is 0 Å². The van der Waals surface area contributed by atoms with Crippen molar-refractivity contribution in [3.8, 4) is 0 Å². The summed E-state index contributed by atoms with van der Waals surface area (Å²) in [5.74, 6) is 2.33. The first kappa shape index (κ1) is 18.5. The fraction of sp³-hybridized carbons (Fsp3) is 0.211. The summed E-state index contributed by atoms with van der Waals surface area (Å²) in [7, 11) is 0. The average molecular weight is 392 g/mol. The minimum absolute atomic E-state index is 0.362. The number of thioether (sulfide) groups is 1. The fourth-order valence-electron chi connectivity index (χ4n) is 2.47. The van der Waals surface area contributed by atoms with Crippen LogP contribution in [0.2, 0.25) is 5.02 Å². The number of hydrogen-bond acceptors (Lipinski definition) is 5. The number of anilines is 1. The predicted molar refractivity (Wildman–Crippen MR) is 103 cm³/mol. The van der Waals surface area contributed by atoms with Crippen LogP contribution in [0, 0.1) is 6.92 Å². The molecule has 1 unspecified atom stereocenters. The lowest BCUT2D eigenvalue weighted by Gasteiger charge is -2.15. The number of benzene rings is 1. The third-order valence-corrected chi connectivity index (χ3v) is 4.98. The molecule has 136 valence electrons. The molecular weight excluding hydrogens is 374 g/mol. The third kappa shape index (κ3) is 4.65. The van der Waals surface area contributed by atoms with Crippen LogP contribution in [0.4, 0.5) is 5.69 Å². The number of furan rings is 2. The van der Waals surface area contributed by atoms with Crippen molar-refractivity contribution in [2.75, 3.05) is 5.32 Å². The van der Waals surface area contributed by atoms with Crippen LogP contribution in [0.15, 0.2) is 57.6 Å². The van der Waals surface area contributed by atoms with Gasteiger partial charge in [0.1, 0.15) is 17.3 Å². The number of nitrogens with one attached hydrogen (secondary N) is 1. The molecule has 1 aromatic carbocycles. The second kappa shape index (κ2) is 8.38. The van der Waals surface area contributed by atoms with Crippen molar-refractivity contribution in [2.45, 2.75) is 24.5 Å². The first-order valence-corrected chi connectivity index (χ1v) is 9.50. The Hall–Kier alpha value is -2.31. The van der Waals surface area contributed by atoms with E-state index in [2.05, 4.69) is 5.32 Å². The van der Waals surface area contributed by atoms with Gasteiger partial charge in [0.25, 0.3) is 0 Å². The summed E-state index contributed by atoms with van der Waals surface area (Å²) in [4.78, 5) is 11.7. The predicted octanol–water partition coefficient (Wildman–Crippen LogP) is 5.51. The van der Waals surface area contributed by atoms with Gasteiger partial charge in [-0.15, -0.1) is 11.8 Å². The second-order valence-corrected chi connectivity index (χ2v) is 7.17. The Balaban J connectivity index is 1.66. The van der Waals surface area contributed by atoms with Gasteiger partial charge in [-0.3, -0.25) is 0 Å². The maximum absolute atomic E-state index is 11.7. The summed E-state index contributed by atoms with van der Waals surface area (Å²) < 4.78 is 11.0. The number of aliphatic carboxylic acids is 1. The van der Waals surface area contributed by atoms with Crippen molar-refractivity contribution in [2.24, 2.45) is 0 Å². The molecule has 0 amide bonds. The van der Waals surface area contributed by atoms with Gasteiger partial charge in [0, 0.05) is 10.7 Å². The number of carbonyl (C=O) groups is 1. The summed E-state index contributed by atoms with van der Waals surface area (Å²) >= 11 is 7.59. The van der Waals surface area contributed by atoms with Crippen LogP contribution in [0.1, 0.15) is 28.9 Å². The summed E-state index contributed by atoms with van der Waals surface area (Å²) in [6.07, 6.45) is 1.64. The zero-order chi connectivity index (χ0) is 18.5. The highest BCUT2D eigenvalue weighted by molar-refractivity contribution is 7.97. The highest BCUT2D eigenvalue weighted by Crippen LogP contribution is 2.27. The van der Waals surface area contributed by atoms with E-state index in [0.29, 0.717) is 22.2 Å². The Bertz CT molecular complexity index is 876. The quantitative estimate of drug-likeness (QED) is 0.527. The van der Waals surface area contributed by atoms with E-state index in [4.69, 9.17) is 20.4 Å². The van der Waals surface area contributed by atoms with Crippen LogP contribution in [0.3, 0.4) is 0 Å². The monoisotopic (exact) mass is 391 g/mol. The summed E-state index contributed by atoms with van der Waals surface area (Å²) in [6, 6.07) is 11.5. The van der Waals surface area contributed by atoms with E-state index < -0.39 is 12.0 Å². The van der Waals surface area contributed by atoms with Gasteiger partial charge >= 0.3 is 5.97 Å². The van der Waals surface area contributed by atoms with Crippen LogP contribution in [-0.4, -0.2) is 11.1 Å². The number of halogens is 1. The van der Waals surface area contributed by atoms with Gasteiger partial charge in [-0.2, -0.15) is 0 Å². The van der Waals surface area contributed by atoms with E-state index >= 15 is 0 Å². The number of carboxylic acid groups (broad SMARTS) is 1. The van der Waals surface area contributed by atoms with E-state index in [-0.39, 0.29) is 0 Å². The molecule has 7 heteroatoms. The van der Waals surface area contributed by atoms with Crippen LogP contribution < -0.4 is 5.32 Å². The van der Waals surface area contributed by atoms with E-state index in [1.165, 1.54) is 0 Å². The molecule has 3 aromatic rings. The topological polar surface area (TPSA) is 75.6 Å².